The Kier molecular flexibility index (Phi) is 2.47. The zero-order valence-corrected chi connectivity index (χ0v) is 7.59. The van der Waals surface area contributed by atoms with Crippen molar-refractivity contribution in [2.24, 2.45) is 7.05 Å². The second kappa shape index (κ2) is 3.38. The fourth-order valence-electron chi connectivity index (χ4n) is 1.00. The highest BCUT2D eigenvalue weighted by Crippen LogP contribution is 1.97. The first-order chi connectivity index (χ1) is 5.69. The topological polar surface area (TPSA) is 46.9 Å². The lowest BCUT2D eigenvalue weighted by molar-refractivity contribution is 0.814. The fourth-order valence-corrected chi connectivity index (χ4v) is 1.00. The number of nitrogens with zero attached hydrogens (tertiary/aromatic N) is 2. The van der Waals surface area contributed by atoms with Gasteiger partial charge in [-0.25, -0.2) is 4.98 Å². The summed E-state index contributed by atoms with van der Waals surface area (Å²) in [6, 6.07) is 0. The van der Waals surface area contributed by atoms with Gasteiger partial charge in [-0.05, 0) is 6.42 Å². The van der Waals surface area contributed by atoms with Crippen molar-refractivity contribution >= 4 is 5.82 Å². The minimum Gasteiger partial charge on any atom is -0.369 e. The molecule has 1 aromatic heterocycles. The number of aryl methyl sites for hydroxylation is 2. The van der Waals surface area contributed by atoms with Crippen LogP contribution in [0.3, 0.4) is 0 Å². The van der Waals surface area contributed by atoms with Crippen LogP contribution in [0.4, 0.5) is 5.82 Å². The zero-order chi connectivity index (χ0) is 9.14. The first-order valence-corrected chi connectivity index (χ1v) is 3.93. The summed E-state index contributed by atoms with van der Waals surface area (Å²) in [5.41, 5.74) is 0.830. The average molecular weight is 167 g/mol. The van der Waals surface area contributed by atoms with Gasteiger partial charge in [0.15, 0.2) is 5.82 Å². The quantitative estimate of drug-likeness (QED) is 0.693. The van der Waals surface area contributed by atoms with E-state index in [1.54, 1.807) is 20.3 Å². The highest BCUT2D eigenvalue weighted by atomic mass is 16.1. The van der Waals surface area contributed by atoms with Gasteiger partial charge < -0.3 is 9.88 Å². The normalized spacial score (nSPS) is 9.92. The molecule has 1 rings (SSSR count). The second-order valence-corrected chi connectivity index (χ2v) is 2.60. The van der Waals surface area contributed by atoms with Crippen LogP contribution in [-0.4, -0.2) is 16.6 Å². The number of anilines is 1. The maximum absolute atomic E-state index is 11.3. The second-order valence-electron chi connectivity index (χ2n) is 2.60. The summed E-state index contributed by atoms with van der Waals surface area (Å²) >= 11 is 0. The molecule has 0 saturated heterocycles. The summed E-state index contributed by atoms with van der Waals surface area (Å²) in [4.78, 5) is 15.4. The van der Waals surface area contributed by atoms with Crippen LogP contribution in [0.25, 0.3) is 0 Å². The Balaban J connectivity index is 3.29. The molecule has 0 saturated carbocycles. The molecule has 0 aromatic carbocycles. The van der Waals surface area contributed by atoms with E-state index in [9.17, 15) is 4.79 Å². The summed E-state index contributed by atoms with van der Waals surface area (Å²) in [6.07, 6.45) is 2.59. The predicted octanol–water partition coefficient (Wildman–Crippen LogP) is 0.384. The van der Waals surface area contributed by atoms with Gasteiger partial charge in [0.2, 0.25) is 0 Å². The third-order valence-corrected chi connectivity index (χ3v) is 1.72. The molecule has 0 radical (unpaired) electrons. The van der Waals surface area contributed by atoms with Gasteiger partial charge in [-0.1, -0.05) is 6.92 Å². The molecule has 1 heterocycles. The average Bonchev–Trinajstić information content (AvgIpc) is 2.09. The van der Waals surface area contributed by atoms with Crippen LogP contribution in [0.5, 0.6) is 0 Å². The van der Waals surface area contributed by atoms with E-state index in [1.165, 1.54) is 4.57 Å². The molecule has 0 aliphatic rings. The summed E-state index contributed by atoms with van der Waals surface area (Å²) < 4.78 is 1.54. The maximum atomic E-state index is 11.3. The van der Waals surface area contributed by atoms with Gasteiger partial charge in [0.05, 0.1) is 5.69 Å². The predicted molar refractivity (Wildman–Crippen MR) is 48.4 cm³/mol. The molecule has 0 amide bonds. The molecule has 66 valence electrons. The minimum atomic E-state index is -0.0882. The molecule has 0 unspecified atom stereocenters. The summed E-state index contributed by atoms with van der Waals surface area (Å²) in [5, 5.41) is 2.77. The molecule has 0 spiro atoms. The molecular formula is C8H13N3O. The molecule has 1 aromatic rings. The SMILES string of the molecule is CCc1cn(C)c(=O)c(NC)n1. The summed E-state index contributed by atoms with van der Waals surface area (Å²) in [7, 11) is 3.42. The van der Waals surface area contributed by atoms with Crippen LogP contribution in [0, 0.1) is 0 Å². The highest BCUT2D eigenvalue weighted by Gasteiger charge is 2.02. The third kappa shape index (κ3) is 1.47. The van der Waals surface area contributed by atoms with Crippen LogP contribution < -0.4 is 10.9 Å². The van der Waals surface area contributed by atoms with Gasteiger partial charge in [-0.2, -0.15) is 0 Å². The van der Waals surface area contributed by atoms with Crippen molar-refractivity contribution in [2.75, 3.05) is 12.4 Å². The van der Waals surface area contributed by atoms with Crippen molar-refractivity contribution in [3.8, 4) is 0 Å². The van der Waals surface area contributed by atoms with Crippen molar-refractivity contribution in [2.45, 2.75) is 13.3 Å². The van der Waals surface area contributed by atoms with E-state index in [0.717, 1.165) is 12.1 Å². The minimum absolute atomic E-state index is 0.0882. The first kappa shape index (κ1) is 8.77. The lowest BCUT2D eigenvalue weighted by Gasteiger charge is -2.04. The van der Waals surface area contributed by atoms with E-state index in [2.05, 4.69) is 10.3 Å². The van der Waals surface area contributed by atoms with Crippen molar-refractivity contribution in [1.82, 2.24) is 9.55 Å². The lowest BCUT2D eigenvalue weighted by Crippen LogP contribution is -2.22. The molecule has 4 heteroatoms. The first-order valence-electron chi connectivity index (χ1n) is 3.93. The van der Waals surface area contributed by atoms with Crippen molar-refractivity contribution in [3.05, 3.63) is 22.2 Å². The van der Waals surface area contributed by atoms with E-state index < -0.39 is 0 Å². The fraction of sp³-hybridized carbons (Fsp3) is 0.500. The number of aromatic nitrogens is 2. The van der Waals surface area contributed by atoms with E-state index in [0.29, 0.717) is 5.82 Å². The number of nitrogens with one attached hydrogen (secondary N) is 1. The molecule has 4 nitrogen and oxygen atoms in total. The van der Waals surface area contributed by atoms with E-state index in [4.69, 9.17) is 0 Å². The van der Waals surface area contributed by atoms with E-state index in [1.807, 2.05) is 6.92 Å². The smallest absolute Gasteiger partial charge is 0.293 e. The Bertz CT molecular complexity index is 330. The molecule has 1 N–H and O–H groups in total. The third-order valence-electron chi connectivity index (χ3n) is 1.72. The lowest BCUT2D eigenvalue weighted by atomic mass is 10.3. The molecule has 0 aliphatic carbocycles. The molecular weight excluding hydrogens is 154 g/mol. The molecule has 0 fully saturated rings. The molecule has 0 bridgehead atoms. The van der Waals surface area contributed by atoms with Crippen LogP contribution in [0.2, 0.25) is 0 Å². The molecule has 12 heavy (non-hydrogen) atoms. The van der Waals surface area contributed by atoms with Gasteiger partial charge >= 0.3 is 0 Å². The summed E-state index contributed by atoms with van der Waals surface area (Å²) in [5.74, 6) is 0.414. The Labute approximate surface area is 71.3 Å². The Hall–Kier alpha value is -1.32. The maximum Gasteiger partial charge on any atom is 0.293 e. The van der Waals surface area contributed by atoms with Crippen LogP contribution in [-0.2, 0) is 13.5 Å². The number of rotatable bonds is 2. The molecule has 0 aliphatic heterocycles. The van der Waals surface area contributed by atoms with Crippen LogP contribution in [0.15, 0.2) is 11.0 Å². The molecule has 0 atom stereocenters. The van der Waals surface area contributed by atoms with Gasteiger partial charge in [-0.3, -0.25) is 4.79 Å². The van der Waals surface area contributed by atoms with Gasteiger partial charge in [0.25, 0.3) is 5.56 Å². The van der Waals surface area contributed by atoms with Gasteiger partial charge in [0.1, 0.15) is 0 Å². The van der Waals surface area contributed by atoms with Crippen LogP contribution in [0.1, 0.15) is 12.6 Å². The standard InChI is InChI=1S/C8H13N3O/c1-4-6-5-11(3)8(12)7(9-2)10-6/h5H,4H2,1-3H3,(H,9,10). The van der Waals surface area contributed by atoms with Crippen molar-refractivity contribution in [3.63, 3.8) is 0 Å². The summed E-state index contributed by atoms with van der Waals surface area (Å²) in [6.45, 7) is 2.01. The van der Waals surface area contributed by atoms with E-state index >= 15 is 0 Å². The Morgan fingerprint density at radius 3 is 2.83 bits per heavy atom. The zero-order valence-electron chi connectivity index (χ0n) is 7.59. The van der Waals surface area contributed by atoms with Gasteiger partial charge in [0, 0.05) is 20.3 Å². The Morgan fingerprint density at radius 1 is 1.67 bits per heavy atom. The highest BCUT2D eigenvalue weighted by molar-refractivity contribution is 5.31. The number of hydrogen-bond donors (Lipinski definition) is 1. The number of hydrogen-bond acceptors (Lipinski definition) is 3. The monoisotopic (exact) mass is 167 g/mol. The van der Waals surface area contributed by atoms with E-state index in [-0.39, 0.29) is 5.56 Å². The van der Waals surface area contributed by atoms with Gasteiger partial charge in [-0.15, -0.1) is 0 Å². The van der Waals surface area contributed by atoms with Crippen LogP contribution >= 0.6 is 0 Å². The van der Waals surface area contributed by atoms with Crippen molar-refractivity contribution in [1.29, 1.82) is 0 Å². The largest absolute Gasteiger partial charge is 0.369 e. The van der Waals surface area contributed by atoms with Crippen molar-refractivity contribution < 1.29 is 0 Å². The Morgan fingerprint density at radius 2 is 2.33 bits per heavy atom.